The Balaban J connectivity index is 0.00000261. The first-order valence-corrected chi connectivity index (χ1v) is 10.7. The number of fused-ring (bicyclic) bond motifs is 1. The van der Waals surface area contributed by atoms with E-state index in [1.165, 1.54) is 21.3 Å². The smallest absolute Gasteiger partial charge is 0.251 e. The fourth-order valence-corrected chi connectivity index (χ4v) is 5.16. The normalized spacial score (nSPS) is 14.9. The van der Waals surface area contributed by atoms with E-state index in [9.17, 15) is 13.2 Å². The maximum absolute atomic E-state index is 13.0. The summed E-state index contributed by atoms with van der Waals surface area (Å²) in [6.07, 6.45) is 0.719. The highest BCUT2D eigenvalue weighted by molar-refractivity contribution is 7.89. The molecule has 1 aromatic heterocycles. The standard InChI is InChI=1S/C18H23N3O3S2.ClH/c1-18(2,12-19)20-17(22)13-4-3-5-15(10-13)26(23,24)21-8-6-16-14(11-21)7-9-25-16;/h3-5,7,9-10H,6,8,11-12,19H2,1-2H3,(H,20,22);1H. The second kappa shape index (κ2) is 8.28. The lowest BCUT2D eigenvalue weighted by Crippen LogP contribution is -2.48. The molecule has 1 amide bonds. The molecule has 1 aliphatic rings. The van der Waals surface area contributed by atoms with E-state index in [0.717, 1.165) is 12.0 Å². The third-order valence-corrected chi connectivity index (χ3v) is 7.33. The first-order valence-electron chi connectivity index (χ1n) is 8.41. The van der Waals surface area contributed by atoms with E-state index in [2.05, 4.69) is 5.32 Å². The van der Waals surface area contributed by atoms with Gasteiger partial charge in [-0.1, -0.05) is 6.07 Å². The van der Waals surface area contributed by atoms with E-state index < -0.39 is 15.6 Å². The van der Waals surface area contributed by atoms with E-state index in [1.54, 1.807) is 23.5 Å². The Kier molecular flexibility index (Phi) is 6.70. The lowest BCUT2D eigenvalue weighted by atomic mass is 10.1. The molecule has 6 nitrogen and oxygen atoms in total. The van der Waals surface area contributed by atoms with Crippen molar-refractivity contribution in [3.8, 4) is 0 Å². The fourth-order valence-electron chi connectivity index (χ4n) is 2.81. The number of nitrogens with one attached hydrogen (secondary N) is 1. The lowest BCUT2D eigenvalue weighted by molar-refractivity contribution is 0.0915. The van der Waals surface area contributed by atoms with Crippen LogP contribution >= 0.6 is 23.7 Å². The van der Waals surface area contributed by atoms with Crippen molar-refractivity contribution >= 4 is 39.7 Å². The lowest BCUT2D eigenvalue weighted by Gasteiger charge is -2.27. The molecule has 0 saturated heterocycles. The third-order valence-electron chi connectivity index (χ3n) is 4.47. The Morgan fingerprint density at radius 1 is 1.33 bits per heavy atom. The number of benzene rings is 1. The summed E-state index contributed by atoms with van der Waals surface area (Å²) < 4.78 is 27.5. The van der Waals surface area contributed by atoms with E-state index in [1.807, 2.05) is 25.3 Å². The van der Waals surface area contributed by atoms with Crippen LogP contribution in [0.25, 0.3) is 0 Å². The summed E-state index contributed by atoms with van der Waals surface area (Å²) in [5.74, 6) is -0.337. The first-order chi connectivity index (χ1) is 12.2. The molecule has 0 fully saturated rings. The summed E-state index contributed by atoms with van der Waals surface area (Å²) in [6.45, 7) is 4.74. The minimum Gasteiger partial charge on any atom is -0.346 e. The Morgan fingerprint density at radius 2 is 2.07 bits per heavy atom. The van der Waals surface area contributed by atoms with Gasteiger partial charge in [0.05, 0.1) is 4.90 Å². The molecule has 148 valence electrons. The number of hydrogen-bond donors (Lipinski definition) is 2. The predicted molar refractivity (Wildman–Crippen MR) is 110 cm³/mol. The SMILES string of the molecule is CC(C)(CN)NC(=O)c1cccc(S(=O)(=O)N2CCc3sccc3C2)c1.Cl. The van der Waals surface area contributed by atoms with E-state index in [-0.39, 0.29) is 29.8 Å². The van der Waals surface area contributed by atoms with Gasteiger partial charge in [-0.05, 0) is 55.5 Å². The summed E-state index contributed by atoms with van der Waals surface area (Å²) >= 11 is 1.66. The predicted octanol–water partition coefficient (Wildman–Crippen LogP) is 2.38. The average molecular weight is 430 g/mol. The number of amides is 1. The minimum absolute atomic E-state index is 0. The summed E-state index contributed by atoms with van der Waals surface area (Å²) in [7, 11) is -3.65. The molecule has 2 aromatic rings. The van der Waals surface area contributed by atoms with Gasteiger partial charge >= 0.3 is 0 Å². The van der Waals surface area contributed by atoms with Crippen LogP contribution in [-0.2, 0) is 23.0 Å². The third kappa shape index (κ3) is 4.70. The van der Waals surface area contributed by atoms with Gasteiger partial charge in [0.2, 0.25) is 10.0 Å². The number of carbonyl (C=O) groups is 1. The topological polar surface area (TPSA) is 92.5 Å². The molecule has 1 aromatic carbocycles. The van der Waals surface area contributed by atoms with E-state index >= 15 is 0 Å². The molecule has 3 N–H and O–H groups in total. The van der Waals surface area contributed by atoms with Crippen molar-refractivity contribution < 1.29 is 13.2 Å². The second-order valence-corrected chi connectivity index (χ2v) is 9.97. The van der Waals surface area contributed by atoms with Gasteiger partial charge in [0, 0.05) is 35.6 Å². The monoisotopic (exact) mass is 429 g/mol. The largest absolute Gasteiger partial charge is 0.346 e. The molecule has 0 aliphatic carbocycles. The maximum Gasteiger partial charge on any atom is 0.251 e. The molecular weight excluding hydrogens is 406 g/mol. The summed E-state index contributed by atoms with van der Waals surface area (Å²) in [6, 6.07) is 8.13. The zero-order chi connectivity index (χ0) is 18.9. The number of carbonyl (C=O) groups excluding carboxylic acids is 1. The minimum atomic E-state index is -3.65. The molecule has 0 saturated carbocycles. The molecule has 0 unspecified atom stereocenters. The molecule has 0 atom stereocenters. The molecule has 0 radical (unpaired) electrons. The number of halogens is 1. The van der Waals surface area contributed by atoms with E-state index in [4.69, 9.17) is 5.73 Å². The van der Waals surface area contributed by atoms with Crippen LogP contribution in [0.2, 0.25) is 0 Å². The quantitative estimate of drug-likeness (QED) is 0.763. The van der Waals surface area contributed by atoms with Crippen LogP contribution in [0.1, 0.15) is 34.6 Å². The average Bonchev–Trinajstić information content (AvgIpc) is 3.09. The van der Waals surface area contributed by atoms with Crippen molar-refractivity contribution in [3.05, 3.63) is 51.7 Å². The van der Waals surface area contributed by atoms with Crippen LogP contribution in [0, 0.1) is 0 Å². The van der Waals surface area contributed by atoms with E-state index in [0.29, 0.717) is 18.7 Å². The number of hydrogen-bond acceptors (Lipinski definition) is 5. The molecular formula is C18H24ClN3O3S2. The molecule has 2 heterocycles. The highest BCUT2D eigenvalue weighted by atomic mass is 35.5. The van der Waals surface area contributed by atoms with Crippen molar-refractivity contribution in [3.63, 3.8) is 0 Å². The number of thiophene rings is 1. The molecule has 9 heteroatoms. The first kappa shape index (κ1) is 21.8. The molecule has 0 spiro atoms. The molecule has 1 aliphatic heterocycles. The van der Waals surface area contributed by atoms with Gasteiger partial charge in [-0.25, -0.2) is 8.42 Å². The number of sulfonamides is 1. The Bertz CT molecular complexity index is 925. The van der Waals surface area contributed by atoms with Gasteiger partial charge in [-0.15, -0.1) is 23.7 Å². The van der Waals surface area contributed by atoms with Gasteiger partial charge < -0.3 is 11.1 Å². The van der Waals surface area contributed by atoms with Crippen molar-refractivity contribution in [2.45, 2.75) is 37.2 Å². The van der Waals surface area contributed by atoms with Gasteiger partial charge in [0.1, 0.15) is 0 Å². The molecule has 27 heavy (non-hydrogen) atoms. The van der Waals surface area contributed by atoms with Crippen molar-refractivity contribution in [2.24, 2.45) is 5.73 Å². The zero-order valence-corrected chi connectivity index (χ0v) is 17.7. The molecule has 0 bridgehead atoms. The van der Waals surface area contributed by atoms with Crippen LogP contribution in [0.15, 0.2) is 40.6 Å². The number of nitrogens with zero attached hydrogens (tertiary/aromatic N) is 1. The fraction of sp³-hybridized carbons (Fsp3) is 0.389. The summed E-state index contributed by atoms with van der Waals surface area (Å²) in [4.78, 5) is 13.8. The van der Waals surface area contributed by atoms with Gasteiger partial charge in [0.15, 0.2) is 0 Å². The van der Waals surface area contributed by atoms with Gasteiger partial charge in [0.25, 0.3) is 5.91 Å². The van der Waals surface area contributed by atoms with Gasteiger partial charge in [-0.3, -0.25) is 4.79 Å². The van der Waals surface area contributed by atoms with Crippen molar-refractivity contribution in [1.82, 2.24) is 9.62 Å². The van der Waals surface area contributed by atoms with Crippen molar-refractivity contribution in [2.75, 3.05) is 13.1 Å². The van der Waals surface area contributed by atoms with Crippen molar-refractivity contribution in [1.29, 1.82) is 0 Å². The van der Waals surface area contributed by atoms with Crippen LogP contribution in [0.5, 0.6) is 0 Å². The highest BCUT2D eigenvalue weighted by Gasteiger charge is 2.29. The Morgan fingerprint density at radius 3 is 2.78 bits per heavy atom. The van der Waals surface area contributed by atoms with Crippen LogP contribution in [0.4, 0.5) is 0 Å². The zero-order valence-electron chi connectivity index (χ0n) is 15.3. The number of nitrogens with two attached hydrogens (primary N) is 1. The van der Waals surface area contributed by atoms with Gasteiger partial charge in [-0.2, -0.15) is 4.31 Å². The second-order valence-electron chi connectivity index (χ2n) is 7.03. The number of rotatable bonds is 5. The van der Waals surface area contributed by atoms with Crippen LogP contribution in [0.3, 0.4) is 0 Å². The maximum atomic E-state index is 13.0. The Labute approximate surface area is 170 Å². The molecule has 3 rings (SSSR count). The highest BCUT2D eigenvalue weighted by Crippen LogP contribution is 2.28. The summed E-state index contributed by atoms with van der Waals surface area (Å²) in [5, 5.41) is 4.81. The Hall–Kier alpha value is -1.45. The van der Waals surface area contributed by atoms with Crippen LogP contribution in [-0.4, -0.2) is 37.3 Å². The summed E-state index contributed by atoms with van der Waals surface area (Å²) in [5.41, 5.74) is 6.45. The van der Waals surface area contributed by atoms with Crippen LogP contribution < -0.4 is 11.1 Å².